The molecule has 0 saturated carbocycles. The number of rotatable bonds is 2. The molecule has 1 aliphatic rings. The van der Waals surface area contributed by atoms with E-state index in [1.54, 1.807) is 0 Å². The zero-order chi connectivity index (χ0) is 13.2. The third kappa shape index (κ3) is 2.91. The summed E-state index contributed by atoms with van der Waals surface area (Å²) in [4.78, 5) is 2.48. The number of benzene rings is 1. The molecule has 1 aromatic carbocycles. The molecular formula is C16H22N2. The molecule has 0 amide bonds. The summed E-state index contributed by atoms with van der Waals surface area (Å²) < 4.78 is 0. The molecule has 2 rings (SSSR count). The topological polar surface area (TPSA) is 27.0 Å². The molecule has 1 saturated heterocycles. The molecule has 1 aromatic rings. The first-order valence-corrected chi connectivity index (χ1v) is 6.71. The first kappa shape index (κ1) is 13.1. The molecule has 2 nitrogen and oxygen atoms in total. The summed E-state index contributed by atoms with van der Waals surface area (Å²) in [5, 5.41) is 9.11. The normalized spacial score (nSPS) is 20.9. The van der Waals surface area contributed by atoms with Crippen LogP contribution in [-0.2, 0) is 6.54 Å². The Hall–Kier alpha value is -1.33. The van der Waals surface area contributed by atoms with Crippen LogP contribution in [0.15, 0.2) is 24.3 Å². The van der Waals surface area contributed by atoms with Crippen molar-refractivity contribution in [1.29, 1.82) is 5.26 Å². The molecule has 2 heteroatoms. The minimum absolute atomic E-state index is 0.392. The quantitative estimate of drug-likeness (QED) is 0.794. The lowest BCUT2D eigenvalue weighted by atomic mass is 9.80. The van der Waals surface area contributed by atoms with Crippen molar-refractivity contribution in [2.24, 2.45) is 11.3 Å². The highest BCUT2D eigenvalue weighted by Crippen LogP contribution is 2.34. The van der Waals surface area contributed by atoms with Gasteiger partial charge in [0.25, 0.3) is 0 Å². The van der Waals surface area contributed by atoms with Gasteiger partial charge in [0.15, 0.2) is 0 Å². The summed E-state index contributed by atoms with van der Waals surface area (Å²) in [7, 11) is 0. The van der Waals surface area contributed by atoms with Crippen LogP contribution in [0.1, 0.15) is 38.3 Å². The van der Waals surface area contributed by atoms with Gasteiger partial charge in [-0.15, -0.1) is 0 Å². The maximum atomic E-state index is 9.11. The largest absolute Gasteiger partial charge is 0.299 e. The van der Waals surface area contributed by atoms with Gasteiger partial charge in [-0.25, -0.2) is 0 Å². The maximum absolute atomic E-state index is 9.11. The monoisotopic (exact) mass is 242 g/mol. The van der Waals surface area contributed by atoms with Crippen LogP contribution < -0.4 is 0 Å². The Kier molecular flexibility index (Phi) is 3.73. The second-order valence-corrected chi connectivity index (χ2v) is 6.36. The fourth-order valence-corrected chi connectivity index (χ4v) is 2.69. The summed E-state index contributed by atoms with van der Waals surface area (Å²) in [5.41, 5.74) is 2.37. The van der Waals surface area contributed by atoms with Crippen LogP contribution >= 0.6 is 0 Å². The molecule has 1 fully saturated rings. The highest BCUT2D eigenvalue weighted by Gasteiger charge is 2.31. The SMILES string of the molecule is CC(C)(C)C1CCN(Cc2ccccc2C#N)C1. The lowest BCUT2D eigenvalue weighted by molar-refractivity contribution is 0.226. The molecule has 0 bridgehead atoms. The lowest BCUT2D eigenvalue weighted by Crippen LogP contribution is -2.26. The van der Waals surface area contributed by atoms with E-state index in [2.05, 4.69) is 37.8 Å². The smallest absolute Gasteiger partial charge is 0.0995 e. The zero-order valence-corrected chi connectivity index (χ0v) is 11.6. The van der Waals surface area contributed by atoms with E-state index in [1.807, 2.05) is 18.2 Å². The highest BCUT2D eigenvalue weighted by molar-refractivity contribution is 5.37. The van der Waals surface area contributed by atoms with Gasteiger partial charge < -0.3 is 0 Å². The van der Waals surface area contributed by atoms with Gasteiger partial charge >= 0.3 is 0 Å². The van der Waals surface area contributed by atoms with Gasteiger partial charge in [0, 0.05) is 13.1 Å². The van der Waals surface area contributed by atoms with Gasteiger partial charge in [0.1, 0.15) is 0 Å². The molecule has 0 spiro atoms. The minimum Gasteiger partial charge on any atom is -0.299 e. The molecule has 0 aromatic heterocycles. The van der Waals surface area contributed by atoms with E-state index >= 15 is 0 Å². The van der Waals surface area contributed by atoms with E-state index in [1.165, 1.54) is 6.42 Å². The first-order valence-electron chi connectivity index (χ1n) is 6.71. The predicted octanol–water partition coefficient (Wildman–Crippen LogP) is 3.43. The molecule has 0 N–H and O–H groups in total. The van der Waals surface area contributed by atoms with Crippen molar-refractivity contribution in [2.75, 3.05) is 13.1 Å². The van der Waals surface area contributed by atoms with Crippen LogP contribution in [0.4, 0.5) is 0 Å². The summed E-state index contributed by atoms with van der Waals surface area (Å²) in [6.07, 6.45) is 1.28. The second-order valence-electron chi connectivity index (χ2n) is 6.36. The average Bonchev–Trinajstić information content (AvgIpc) is 2.78. The van der Waals surface area contributed by atoms with Crippen molar-refractivity contribution in [3.63, 3.8) is 0 Å². The van der Waals surface area contributed by atoms with Crippen molar-refractivity contribution in [2.45, 2.75) is 33.7 Å². The van der Waals surface area contributed by atoms with Crippen molar-refractivity contribution in [3.8, 4) is 6.07 Å². The van der Waals surface area contributed by atoms with Gasteiger partial charge in [-0.05, 0) is 35.9 Å². The van der Waals surface area contributed by atoms with Crippen molar-refractivity contribution >= 4 is 0 Å². The van der Waals surface area contributed by atoms with Gasteiger partial charge in [-0.1, -0.05) is 39.0 Å². The van der Waals surface area contributed by atoms with Crippen LogP contribution in [-0.4, -0.2) is 18.0 Å². The van der Waals surface area contributed by atoms with Crippen LogP contribution in [0.5, 0.6) is 0 Å². The zero-order valence-electron chi connectivity index (χ0n) is 11.6. The molecule has 0 aliphatic carbocycles. The number of hydrogen-bond donors (Lipinski definition) is 0. The van der Waals surface area contributed by atoms with Crippen LogP contribution in [0.25, 0.3) is 0 Å². The van der Waals surface area contributed by atoms with Gasteiger partial charge in [0.05, 0.1) is 11.6 Å². The van der Waals surface area contributed by atoms with Gasteiger partial charge in [-0.2, -0.15) is 5.26 Å². The van der Waals surface area contributed by atoms with E-state index < -0.39 is 0 Å². The Balaban J connectivity index is 2.02. The summed E-state index contributed by atoms with van der Waals surface area (Å²) in [6.45, 7) is 10.2. The van der Waals surface area contributed by atoms with E-state index in [9.17, 15) is 0 Å². The van der Waals surface area contributed by atoms with Gasteiger partial charge in [0.2, 0.25) is 0 Å². The fourth-order valence-electron chi connectivity index (χ4n) is 2.69. The van der Waals surface area contributed by atoms with Crippen molar-refractivity contribution in [1.82, 2.24) is 4.90 Å². The van der Waals surface area contributed by atoms with E-state index in [-0.39, 0.29) is 0 Å². The Morgan fingerprint density at radius 2 is 2.06 bits per heavy atom. The summed E-state index contributed by atoms with van der Waals surface area (Å²) in [6, 6.07) is 10.2. The predicted molar refractivity (Wildman–Crippen MR) is 74.0 cm³/mol. The number of nitrogens with zero attached hydrogens (tertiary/aromatic N) is 2. The number of nitriles is 1. The number of hydrogen-bond acceptors (Lipinski definition) is 2. The summed E-state index contributed by atoms with van der Waals surface area (Å²) in [5.74, 6) is 0.770. The Labute approximate surface area is 110 Å². The first-order chi connectivity index (χ1) is 8.50. The Morgan fingerprint density at radius 3 is 2.67 bits per heavy atom. The molecular weight excluding hydrogens is 220 g/mol. The van der Waals surface area contributed by atoms with Crippen LogP contribution in [0.3, 0.4) is 0 Å². The lowest BCUT2D eigenvalue weighted by Gasteiger charge is -2.27. The van der Waals surface area contributed by atoms with Gasteiger partial charge in [-0.3, -0.25) is 4.90 Å². The standard InChI is InChI=1S/C16H22N2/c1-16(2,3)15-8-9-18(12-15)11-14-7-5-4-6-13(14)10-17/h4-7,15H,8-9,11-12H2,1-3H3. The average molecular weight is 242 g/mol. The minimum atomic E-state index is 0.392. The highest BCUT2D eigenvalue weighted by atomic mass is 15.1. The van der Waals surface area contributed by atoms with E-state index in [4.69, 9.17) is 5.26 Å². The molecule has 1 atom stereocenters. The molecule has 1 unspecified atom stereocenters. The molecule has 18 heavy (non-hydrogen) atoms. The van der Waals surface area contributed by atoms with Crippen LogP contribution in [0.2, 0.25) is 0 Å². The van der Waals surface area contributed by atoms with E-state index in [0.29, 0.717) is 5.41 Å². The van der Waals surface area contributed by atoms with E-state index in [0.717, 1.165) is 36.7 Å². The number of likely N-dealkylation sites (tertiary alicyclic amines) is 1. The van der Waals surface area contributed by atoms with Crippen LogP contribution in [0, 0.1) is 22.7 Å². The van der Waals surface area contributed by atoms with Crippen molar-refractivity contribution in [3.05, 3.63) is 35.4 Å². The second kappa shape index (κ2) is 5.12. The Morgan fingerprint density at radius 1 is 1.33 bits per heavy atom. The fraction of sp³-hybridized carbons (Fsp3) is 0.562. The van der Waals surface area contributed by atoms with Crippen molar-refractivity contribution < 1.29 is 0 Å². The third-order valence-corrected chi connectivity index (χ3v) is 4.03. The summed E-state index contributed by atoms with van der Waals surface area (Å²) >= 11 is 0. The maximum Gasteiger partial charge on any atom is 0.0995 e. The molecule has 1 heterocycles. The molecule has 1 aliphatic heterocycles. The molecule has 96 valence electrons. The molecule has 0 radical (unpaired) electrons. The Bertz CT molecular complexity index is 451. The third-order valence-electron chi connectivity index (χ3n) is 4.03.